The molecule has 0 aliphatic carbocycles. The average Bonchev–Trinajstić information content (AvgIpc) is 2.04. The van der Waals surface area contributed by atoms with E-state index in [0.29, 0.717) is 5.75 Å². The summed E-state index contributed by atoms with van der Waals surface area (Å²) in [6, 6.07) is 0.199. The summed E-state index contributed by atoms with van der Waals surface area (Å²) >= 11 is 1.52. The van der Waals surface area contributed by atoms with Crippen LogP contribution in [0.5, 0.6) is 0 Å². The predicted octanol–water partition coefficient (Wildman–Crippen LogP) is 0.630. The molecule has 1 atom stereocenters. The van der Waals surface area contributed by atoms with Gasteiger partial charge in [0.25, 0.3) is 0 Å². The maximum Gasteiger partial charge on any atom is 0.315 e. The van der Waals surface area contributed by atoms with Crippen LogP contribution < -0.4 is 5.73 Å². The Morgan fingerprint density at radius 1 is 1.73 bits per heavy atom. The van der Waals surface area contributed by atoms with Gasteiger partial charge in [0.15, 0.2) is 0 Å². The SMILES string of the molecule is CCC(N)CSCC(=O)OC. The fraction of sp³-hybridized carbons (Fsp3) is 0.857. The van der Waals surface area contributed by atoms with Crippen molar-refractivity contribution in [3.8, 4) is 0 Å². The van der Waals surface area contributed by atoms with Crippen LogP contribution in [-0.2, 0) is 9.53 Å². The number of ether oxygens (including phenoxy) is 1. The molecule has 3 nitrogen and oxygen atoms in total. The van der Waals surface area contributed by atoms with E-state index in [1.807, 2.05) is 6.92 Å². The molecule has 0 saturated heterocycles. The summed E-state index contributed by atoms with van der Waals surface area (Å²) in [4.78, 5) is 10.6. The number of carbonyl (C=O) groups is 1. The van der Waals surface area contributed by atoms with Crippen molar-refractivity contribution in [3.05, 3.63) is 0 Å². The Hall–Kier alpha value is -0.220. The first-order chi connectivity index (χ1) is 5.20. The lowest BCUT2D eigenvalue weighted by Gasteiger charge is -2.06. The molecule has 0 aromatic rings. The van der Waals surface area contributed by atoms with Gasteiger partial charge in [0, 0.05) is 11.8 Å². The maximum absolute atomic E-state index is 10.6. The number of rotatable bonds is 5. The van der Waals surface area contributed by atoms with Crippen LogP contribution in [0.25, 0.3) is 0 Å². The van der Waals surface area contributed by atoms with Gasteiger partial charge in [-0.2, -0.15) is 0 Å². The summed E-state index contributed by atoms with van der Waals surface area (Å²) < 4.78 is 4.47. The fourth-order valence-corrected chi connectivity index (χ4v) is 1.41. The third-order valence-corrected chi connectivity index (χ3v) is 2.41. The third-order valence-electron chi connectivity index (χ3n) is 1.30. The molecule has 0 amide bonds. The van der Waals surface area contributed by atoms with E-state index in [4.69, 9.17) is 5.73 Å². The fourth-order valence-electron chi connectivity index (χ4n) is 0.470. The Labute approximate surface area is 71.7 Å². The molecule has 0 aromatic heterocycles. The summed E-state index contributed by atoms with van der Waals surface area (Å²) in [5.41, 5.74) is 5.63. The van der Waals surface area contributed by atoms with Crippen LogP contribution in [0.4, 0.5) is 0 Å². The second-order valence-corrected chi connectivity index (χ2v) is 3.29. The molecule has 0 aliphatic rings. The second-order valence-electron chi connectivity index (χ2n) is 2.26. The molecule has 0 aliphatic heterocycles. The topological polar surface area (TPSA) is 52.3 Å². The summed E-state index contributed by atoms with van der Waals surface area (Å²) in [5, 5.41) is 0. The number of hydrogen-bond acceptors (Lipinski definition) is 4. The Balaban J connectivity index is 3.20. The molecule has 66 valence electrons. The van der Waals surface area contributed by atoms with Crippen molar-refractivity contribution in [2.75, 3.05) is 18.6 Å². The molecular weight excluding hydrogens is 162 g/mol. The van der Waals surface area contributed by atoms with Crippen LogP contribution in [0.3, 0.4) is 0 Å². The van der Waals surface area contributed by atoms with E-state index in [1.54, 1.807) is 0 Å². The van der Waals surface area contributed by atoms with E-state index in [-0.39, 0.29) is 12.0 Å². The number of nitrogens with two attached hydrogens (primary N) is 1. The number of esters is 1. The second kappa shape index (κ2) is 6.49. The Morgan fingerprint density at radius 2 is 2.36 bits per heavy atom. The highest BCUT2D eigenvalue weighted by Gasteiger charge is 2.02. The Kier molecular flexibility index (Phi) is 6.36. The lowest BCUT2D eigenvalue weighted by molar-refractivity contribution is -0.137. The van der Waals surface area contributed by atoms with Gasteiger partial charge in [-0.3, -0.25) is 4.79 Å². The molecule has 0 spiro atoms. The van der Waals surface area contributed by atoms with Crippen LogP contribution in [0.1, 0.15) is 13.3 Å². The van der Waals surface area contributed by atoms with Crippen LogP contribution in [0, 0.1) is 0 Å². The molecular formula is C7H15NO2S. The van der Waals surface area contributed by atoms with Gasteiger partial charge in [-0.25, -0.2) is 0 Å². The van der Waals surface area contributed by atoms with Crippen LogP contribution in [0.2, 0.25) is 0 Å². The standard InChI is InChI=1S/C7H15NO2S/c1-3-6(8)4-11-5-7(9)10-2/h6H,3-5,8H2,1-2H3. The van der Waals surface area contributed by atoms with Crippen LogP contribution in [0.15, 0.2) is 0 Å². The summed E-state index contributed by atoms with van der Waals surface area (Å²) in [5.74, 6) is 1.05. The van der Waals surface area contributed by atoms with E-state index >= 15 is 0 Å². The summed E-state index contributed by atoms with van der Waals surface area (Å²) in [7, 11) is 1.39. The smallest absolute Gasteiger partial charge is 0.315 e. The van der Waals surface area contributed by atoms with Gasteiger partial charge in [0.1, 0.15) is 0 Å². The van der Waals surface area contributed by atoms with E-state index in [2.05, 4.69) is 4.74 Å². The summed E-state index contributed by atoms with van der Waals surface area (Å²) in [6.07, 6.45) is 0.953. The van der Waals surface area contributed by atoms with E-state index < -0.39 is 0 Å². The van der Waals surface area contributed by atoms with E-state index in [0.717, 1.165) is 12.2 Å². The third kappa shape index (κ3) is 6.19. The van der Waals surface area contributed by atoms with Gasteiger partial charge in [-0.1, -0.05) is 6.92 Å². The minimum atomic E-state index is -0.182. The molecule has 0 radical (unpaired) electrons. The van der Waals surface area contributed by atoms with Gasteiger partial charge in [0.2, 0.25) is 0 Å². The molecule has 0 fully saturated rings. The molecule has 0 rings (SSSR count). The largest absolute Gasteiger partial charge is 0.468 e. The maximum atomic E-state index is 10.6. The molecule has 1 unspecified atom stereocenters. The molecule has 0 heterocycles. The Morgan fingerprint density at radius 3 is 2.82 bits per heavy atom. The van der Waals surface area contributed by atoms with Crippen molar-refractivity contribution in [3.63, 3.8) is 0 Å². The quantitative estimate of drug-likeness (QED) is 0.626. The van der Waals surface area contributed by atoms with Crippen molar-refractivity contribution in [1.29, 1.82) is 0 Å². The van der Waals surface area contributed by atoms with Crippen molar-refractivity contribution in [2.45, 2.75) is 19.4 Å². The normalized spacial score (nSPS) is 12.6. The van der Waals surface area contributed by atoms with E-state index in [1.165, 1.54) is 18.9 Å². The molecule has 2 N–H and O–H groups in total. The highest BCUT2D eigenvalue weighted by molar-refractivity contribution is 7.99. The van der Waals surface area contributed by atoms with Gasteiger partial charge in [0.05, 0.1) is 12.9 Å². The molecule has 0 aromatic carbocycles. The highest BCUT2D eigenvalue weighted by atomic mass is 32.2. The zero-order valence-electron chi connectivity index (χ0n) is 7.00. The zero-order chi connectivity index (χ0) is 8.69. The molecule has 0 bridgehead atoms. The summed E-state index contributed by atoms with van der Waals surface area (Å²) in [6.45, 7) is 2.03. The predicted molar refractivity (Wildman–Crippen MR) is 47.6 cm³/mol. The monoisotopic (exact) mass is 177 g/mol. The highest BCUT2D eigenvalue weighted by Crippen LogP contribution is 2.03. The number of methoxy groups -OCH3 is 1. The van der Waals surface area contributed by atoms with Crippen LogP contribution >= 0.6 is 11.8 Å². The molecule has 0 saturated carbocycles. The number of carbonyl (C=O) groups excluding carboxylic acids is 1. The van der Waals surface area contributed by atoms with Gasteiger partial charge in [-0.05, 0) is 6.42 Å². The number of hydrogen-bond donors (Lipinski definition) is 1. The Bertz CT molecular complexity index is 119. The molecule has 4 heteroatoms. The first-order valence-corrected chi connectivity index (χ1v) is 4.76. The van der Waals surface area contributed by atoms with Crippen molar-refractivity contribution < 1.29 is 9.53 Å². The lowest BCUT2D eigenvalue weighted by Crippen LogP contribution is -2.22. The molecule has 11 heavy (non-hydrogen) atoms. The minimum Gasteiger partial charge on any atom is -0.468 e. The number of thioether (sulfide) groups is 1. The zero-order valence-corrected chi connectivity index (χ0v) is 7.82. The van der Waals surface area contributed by atoms with Crippen molar-refractivity contribution in [1.82, 2.24) is 0 Å². The van der Waals surface area contributed by atoms with Crippen LogP contribution in [-0.4, -0.2) is 30.6 Å². The first kappa shape index (κ1) is 10.8. The minimum absolute atomic E-state index is 0.182. The van der Waals surface area contributed by atoms with Crippen molar-refractivity contribution in [2.24, 2.45) is 5.73 Å². The van der Waals surface area contributed by atoms with Gasteiger partial charge in [-0.15, -0.1) is 11.8 Å². The average molecular weight is 177 g/mol. The lowest BCUT2D eigenvalue weighted by atomic mass is 10.3. The van der Waals surface area contributed by atoms with Crippen molar-refractivity contribution >= 4 is 17.7 Å². The van der Waals surface area contributed by atoms with Gasteiger partial charge >= 0.3 is 5.97 Å². The van der Waals surface area contributed by atoms with E-state index in [9.17, 15) is 4.79 Å². The van der Waals surface area contributed by atoms with Gasteiger partial charge < -0.3 is 10.5 Å². The first-order valence-electron chi connectivity index (χ1n) is 3.60.